The lowest BCUT2D eigenvalue weighted by Crippen LogP contribution is -2.21. The lowest BCUT2D eigenvalue weighted by Gasteiger charge is -2.14. The van der Waals surface area contributed by atoms with Crippen LogP contribution in [0.4, 0.5) is 27.6 Å². The van der Waals surface area contributed by atoms with Crippen molar-refractivity contribution >= 4 is 22.4 Å². The van der Waals surface area contributed by atoms with E-state index in [2.05, 4.69) is 20.4 Å². The second kappa shape index (κ2) is 7.87. The van der Waals surface area contributed by atoms with Gasteiger partial charge < -0.3 is 10.3 Å². The number of pyridine rings is 2. The third-order valence-corrected chi connectivity index (χ3v) is 4.57. The smallest absolute Gasteiger partial charge is 0.329 e. The molecule has 164 valence electrons. The van der Waals surface area contributed by atoms with E-state index in [9.17, 15) is 31.5 Å². The first kappa shape index (κ1) is 21.2. The van der Waals surface area contributed by atoms with Crippen molar-refractivity contribution in [3.63, 3.8) is 0 Å². The summed E-state index contributed by atoms with van der Waals surface area (Å²) in [6, 6.07) is 6.46. The van der Waals surface area contributed by atoms with Crippen LogP contribution in [-0.2, 0) is 6.18 Å². The molecule has 0 atom stereocenters. The maximum absolute atomic E-state index is 14.0. The zero-order valence-corrected chi connectivity index (χ0v) is 15.8. The van der Waals surface area contributed by atoms with E-state index in [-0.39, 0.29) is 22.1 Å². The van der Waals surface area contributed by atoms with E-state index in [1.165, 1.54) is 30.5 Å². The zero-order chi connectivity index (χ0) is 23.0. The summed E-state index contributed by atoms with van der Waals surface area (Å²) in [6.07, 6.45) is -3.98. The molecule has 12 heteroatoms. The molecule has 0 saturated carbocycles. The number of carbonyl (C=O) groups excluding carboxylic acids is 1. The van der Waals surface area contributed by atoms with Crippen molar-refractivity contribution in [3.05, 3.63) is 82.3 Å². The highest BCUT2D eigenvalue weighted by atomic mass is 19.4. The Morgan fingerprint density at radius 1 is 1.09 bits per heavy atom. The van der Waals surface area contributed by atoms with Crippen LogP contribution in [0.3, 0.4) is 0 Å². The van der Waals surface area contributed by atoms with Crippen LogP contribution in [0.1, 0.15) is 28.0 Å². The molecule has 7 nitrogen and oxygen atoms in total. The molecule has 0 unspecified atom stereocenters. The number of hydrogen-bond donors (Lipinski definition) is 2. The fraction of sp³-hybridized carbons (Fsp3) is 0.100. The molecule has 32 heavy (non-hydrogen) atoms. The van der Waals surface area contributed by atoms with Crippen LogP contribution in [0.2, 0.25) is 0 Å². The molecule has 4 aromatic rings. The Balaban J connectivity index is 1.82. The molecule has 2 N–H and O–H groups in total. The Hall–Kier alpha value is -4.09. The predicted octanol–water partition coefficient (Wildman–Crippen LogP) is 4.32. The van der Waals surface area contributed by atoms with E-state index in [1.807, 2.05) is 0 Å². The topological polar surface area (TPSA) is 92.7 Å². The number of carbonyl (C=O) groups is 1. The van der Waals surface area contributed by atoms with Gasteiger partial charge in [-0.05, 0) is 24.3 Å². The first-order valence-electron chi connectivity index (χ1n) is 8.97. The predicted molar refractivity (Wildman–Crippen MR) is 104 cm³/mol. The van der Waals surface area contributed by atoms with Gasteiger partial charge in [-0.25, -0.2) is 13.5 Å². The number of hydrogen-bond acceptors (Lipinski definition) is 4. The summed E-state index contributed by atoms with van der Waals surface area (Å²) in [5, 5.41) is 6.18. The molecule has 0 aliphatic heterocycles. The van der Waals surface area contributed by atoms with E-state index < -0.39 is 40.9 Å². The number of H-pyrrole nitrogens is 1. The minimum atomic E-state index is -5.00. The molecule has 0 fully saturated rings. The summed E-state index contributed by atoms with van der Waals surface area (Å²) in [6.45, 7) is 0. The quantitative estimate of drug-likeness (QED) is 0.454. The second-order valence-electron chi connectivity index (χ2n) is 6.62. The molecule has 0 aliphatic carbocycles. The lowest BCUT2D eigenvalue weighted by atomic mass is 10.1. The largest absolute Gasteiger partial charge is 0.434 e. The molecule has 1 amide bonds. The first-order valence-corrected chi connectivity index (χ1v) is 8.97. The van der Waals surface area contributed by atoms with Crippen molar-refractivity contribution in [3.8, 4) is 5.69 Å². The number of nitrogens with one attached hydrogen (secondary N) is 2. The Morgan fingerprint density at radius 3 is 2.59 bits per heavy atom. The van der Waals surface area contributed by atoms with Gasteiger partial charge >= 0.3 is 6.18 Å². The summed E-state index contributed by atoms with van der Waals surface area (Å²) in [7, 11) is 0. The molecule has 0 radical (unpaired) electrons. The van der Waals surface area contributed by atoms with Gasteiger partial charge in [-0.3, -0.25) is 14.6 Å². The summed E-state index contributed by atoms with van der Waals surface area (Å²) >= 11 is 0. The van der Waals surface area contributed by atoms with Crippen molar-refractivity contribution in [2.24, 2.45) is 0 Å². The molecular formula is C20H12F5N5O2. The molecular weight excluding hydrogens is 437 g/mol. The number of alkyl halides is 5. The molecule has 3 aromatic heterocycles. The summed E-state index contributed by atoms with van der Waals surface area (Å²) < 4.78 is 68.1. The van der Waals surface area contributed by atoms with Crippen LogP contribution in [0, 0.1) is 0 Å². The number of fused-ring (bicyclic) bond motifs is 1. The average molecular weight is 449 g/mol. The van der Waals surface area contributed by atoms with Gasteiger partial charge in [0.15, 0.2) is 5.69 Å². The fourth-order valence-corrected chi connectivity index (χ4v) is 3.20. The van der Waals surface area contributed by atoms with Crippen LogP contribution < -0.4 is 10.9 Å². The molecule has 4 rings (SSSR count). The van der Waals surface area contributed by atoms with E-state index in [0.717, 1.165) is 18.5 Å². The van der Waals surface area contributed by atoms with Gasteiger partial charge in [0, 0.05) is 28.7 Å². The van der Waals surface area contributed by atoms with Crippen LogP contribution in [0.5, 0.6) is 0 Å². The van der Waals surface area contributed by atoms with Gasteiger partial charge in [0.2, 0.25) is 0 Å². The number of rotatable bonds is 4. The van der Waals surface area contributed by atoms with Crippen LogP contribution in [-0.4, -0.2) is 25.7 Å². The van der Waals surface area contributed by atoms with Crippen LogP contribution in [0.15, 0.2) is 59.9 Å². The van der Waals surface area contributed by atoms with Gasteiger partial charge in [0.25, 0.3) is 17.9 Å². The molecule has 0 aliphatic rings. The number of aromatic nitrogens is 4. The van der Waals surface area contributed by atoms with E-state index >= 15 is 0 Å². The molecule has 1 aromatic carbocycles. The minimum absolute atomic E-state index is 0.0682. The Morgan fingerprint density at radius 2 is 1.88 bits per heavy atom. The second-order valence-corrected chi connectivity index (χ2v) is 6.62. The molecule has 0 saturated heterocycles. The van der Waals surface area contributed by atoms with Gasteiger partial charge in [-0.15, -0.1) is 0 Å². The van der Waals surface area contributed by atoms with Crippen molar-refractivity contribution in [2.75, 3.05) is 5.32 Å². The number of halogens is 5. The SMILES string of the molecule is O=C(Nc1cncc(C(F)F)c1)c1cnn(-c2cccc3c(=O)[nH]ccc23)c1C(F)(F)F. The fourth-order valence-electron chi connectivity index (χ4n) is 3.20. The first-order chi connectivity index (χ1) is 15.2. The van der Waals surface area contributed by atoms with Gasteiger partial charge in [0.05, 0.1) is 29.3 Å². The number of nitrogens with zero attached hydrogens (tertiary/aromatic N) is 3. The third-order valence-electron chi connectivity index (χ3n) is 4.57. The van der Waals surface area contributed by atoms with E-state index in [0.29, 0.717) is 10.9 Å². The summed E-state index contributed by atoms with van der Waals surface area (Å²) in [4.78, 5) is 30.6. The van der Waals surface area contributed by atoms with Crippen LogP contribution >= 0.6 is 0 Å². The zero-order valence-electron chi connectivity index (χ0n) is 15.8. The van der Waals surface area contributed by atoms with E-state index in [4.69, 9.17) is 0 Å². The van der Waals surface area contributed by atoms with Crippen molar-refractivity contribution < 1.29 is 26.7 Å². The van der Waals surface area contributed by atoms with Crippen molar-refractivity contribution in [2.45, 2.75) is 12.6 Å². The van der Waals surface area contributed by atoms with Gasteiger partial charge in [-0.1, -0.05) is 6.07 Å². The lowest BCUT2D eigenvalue weighted by molar-refractivity contribution is -0.143. The standard InChI is InChI=1S/C20H12F5N5O2/c21-17(22)10-6-11(8-26-7-10)29-19(32)14-9-28-30(16(14)20(23,24)25)15-3-1-2-13-12(15)4-5-27-18(13)31/h1-9,17H,(H,27,31)(H,29,32). The maximum atomic E-state index is 14.0. The van der Waals surface area contributed by atoms with Crippen LogP contribution in [0.25, 0.3) is 16.5 Å². The third kappa shape index (κ3) is 3.82. The highest BCUT2D eigenvalue weighted by molar-refractivity contribution is 6.05. The Kier molecular flexibility index (Phi) is 5.20. The highest BCUT2D eigenvalue weighted by Crippen LogP contribution is 2.35. The molecule has 3 heterocycles. The summed E-state index contributed by atoms with van der Waals surface area (Å²) in [5.74, 6) is -1.21. The number of amides is 1. The Bertz CT molecular complexity index is 1380. The normalized spacial score (nSPS) is 11.8. The van der Waals surface area contributed by atoms with Crippen molar-refractivity contribution in [1.29, 1.82) is 0 Å². The molecule has 0 spiro atoms. The Labute approximate surface area is 175 Å². The number of benzene rings is 1. The monoisotopic (exact) mass is 449 g/mol. The van der Waals surface area contributed by atoms with Gasteiger partial charge in [-0.2, -0.15) is 18.3 Å². The maximum Gasteiger partial charge on any atom is 0.434 e. The minimum Gasteiger partial charge on any atom is -0.329 e. The summed E-state index contributed by atoms with van der Waals surface area (Å²) in [5.41, 5.74) is -3.50. The number of anilines is 1. The van der Waals surface area contributed by atoms with Gasteiger partial charge in [0.1, 0.15) is 0 Å². The highest BCUT2D eigenvalue weighted by Gasteiger charge is 2.41. The van der Waals surface area contributed by atoms with Crippen molar-refractivity contribution in [1.82, 2.24) is 19.7 Å². The average Bonchev–Trinajstić information content (AvgIpc) is 3.20. The number of aromatic amines is 1. The van der Waals surface area contributed by atoms with E-state index in [1.54, 1.807) is 0 Å². The molecule has 0 bridgehead atoms.